The first-order valence-electron chi connectivity index (χ1n) is 6.11. The highest BCUT2D eigenvalue weighted by Crippen LogP contribution is 2.38. The van der Waals surface area contributed by atoms with Crippen LogP contribution in [0.1, 0.15) is 27.7 Å². The van der Waals surface area contributed by atoms with Gasteiger partial charge in [0, 0.05) is 0 Å². The third-order valence-electron chi connectivity index (χ3n) is 3.07. The minimum Gasteiger partial charge on any atom is -0.343 e. The van der Waals surface area contributed by atoms with Gasteiger partial charge in [0.25, 0.3) is 0 Å². The Labute approximate surface area is 118 Å². The molecule has 0 aromatic carbocycles. The normalized spacial score (nSPS) is 42.3. The molecule has 2 fully saturated rings. The average molecular weight is 299 g/mol. The fourth-order valence-corrected chi connectivity index (χ4v) is 3.00. The molecule has 6 heteroatoms. The van der Waals surface area contributed by atoms with E-state index >= 15 is 0 Å². The van der Waals surface area contributed by atoms with E-state index in [-0.39, 0.29) is 24.4 Å². The first-order chi connectivity index (χ1) is 8.28. The fraction of sp³-hybridized carbons (Fsp3) is 1.00. The van der Waals surface area contributed by atoms with Crippen molar-refractivity contribution in [3.05, 3.63) is 0 Å². The molecule has 2 rings (SSSR count). The predicted molar refractivity (Wildman–Crippen MR) is 69.1 cm³/mol. The highest BCUT2D eigenvalue weighted by atomic mass is 35.5. The van der Waals surface area contributed by atoms with Gasteiger partial charge in [-0.3, -0.25) is 0 Å². The lowest BCUT2D eigenvalue weighted by molar-refractivity contribution is -0.417. The van der Waals surface area contributed by atoms with Crippen LogP contribution < -0.4 is 0 Å². The molecule has 4 atom stereocenters. The molecule has 0 aliphatic carbocycles. The van der Waals surface area contributed by atoms with E-state index in [9.17, 15) is 0 Å². The lowest BCUT2D eigenvalue weighted by atomic mass is 9.99. The SMILES string of the molecule is CC1(C)O[C@@H]2[C@@H](OC(C)(C)O[C@H]2CCl)[C@H](CCl)O1. The van der Waals surface area contributed by atoms with Crippen LogP contribution in [0.5, 0.6) is 0 Å². The molecule has 0 amide bonds. The number of rotatable bonds is 2. The topological polar surface area (TPSA) is 36.9 Å². The lowest BCUT2D eigenvalue weighted by Crippen LogP contribution is -2.66. The fourth-order valence-electron chi connectivity index (χ4n) is 2.52. The zero-order chi connectivity index (χ0) is 13.6. The van der Waals surface area contributed by atoms with Crippen LogP contribution in [0.3, 0.4) is 0 Å². The number of halogens is 2. The van der Waals surface area contributed by atoms with Crippen molar-refractivity contribution in [1.29, 1.82) is 0 Å². The molecule has 4 nitrogen and oxygen atoms in total. The van der Waals surface area contributed by atoms with Crippen LogP contribution in [0.15, 0.2) is 0 Å². The van der Waals surface area contributed by atoms with Gasteiger partial charge in [-0.2, -0.15) is 0 Å². The molecule has 2 aliphatic heterocycles. The highest BCUT2D eigenvalue weighted by molar-refractivity contribution is 6.18. The number of hydrogen-bond donors (Lipinski definition) is 0. The van der Waals surface area contributed by atoms with Crippen LogP contribution in [0.4, 0.5) is 0 Å². The third-order valence-corrected chi connectivity index (χ3v) is 3.68. The molecule has 0 spiro atoms. The van der Waals surface area contributed by atoms with Gasteiger partial charge in [-0.25, -0.2) is 0 Å². The Morgan fingerprint density at radius 1 is 0.722 bits per heavy atom. The van der Waals surface area contributed by atoms with E-state index < -0.39 is 11.6 Å². The molecule has 0 saturated carbocycles. The molecule has 0 aromatic heterocycles. The summed E-state index contributed by atoms with van der Waals surface area (Å²) in [6, 6.07) is 0. The van der Waals surface area contributed by atoms with Crippen molar-refractivity contribution in [1.82, 2.24) is 0 Å². The summed E-state index contributed by atoms with van der Waals surface area (Å²) in [6.45, 7) is 7.42. The summed E-state index contributed by atoms with van der Waals surface area (Å²) in [6.07, 6.45) is -0.977. The van der Waals surface area contributed by atoms with Gasteiger partial charge in [-0.15, -0.1) is 23.2 Å². The van der Waals surface area contributed by atoms with Gasteiger partial charge >= 0.3 is 0 Å². The smallest absolute Gasteiger partial charge is 0.163 e. The lowest BCUT2D eigenvalue weighted by Gasteiger charge is -2.53. The molecule has 18 heavy (non-hydrogen) atoms. The van der Waals surface area contributed by atoms with Gasteiger partial charge in [0.05, 0.1) is 11.8 Å². The zero-order valence-electron chi connectivity index (χ0n) is 11.1. The van der Waals surface area contributed by atoms with Crippen LogP contribution in [0.2, 0.25) is 0 Å². The Balaban J connectivity index is 2.24. The van der Waals surface area contributed by atoms with Crippen molar-refractivity contribution >= 4 is 23.2 Å². The van der Waals surface area contributed by atoms with Crippen molar-refractivity contribution in [2.45, 2.75) is 63.7 Å². The summed E-state index contributed by atoms with van der Waals surface area (Å²) < 4.78 is 23.4. The van der Waals surface area contributed by atoms with Gasteiger partial charge in [0.1, 0.15) is 24.4 Å². The van der Waals surface area contributed by atoms with E-state index in [1.165, 1.54) is 0 Å². The second-order valence-corrected chi connectivity index (χ2v) is 6.20. The summed E-state index contributed by atoms with van der Waals surface area (Å²) in [5.74, 6) is -0.726. The van der Waals surface area contributed by atoms with E-state index in [1.807, 2.05) is 27.7 Å². The van der Waals surface area contributed by atoms with E-state index in [1.54, 1.807) is 0 Å². The largest absolute Gasteiger partial charge is 0.343 e. The van der Waals surface area contributed by atoms with Gasteiger partial charge in [-0.05, 0) is 27.7 Å². The number of hydrogen-bond acceptors (Lipinski definition) is 4. The van der Waals surface area contributed by atoms with Crippen LogP contribution >= 0.6 is 23.2 Å². The Bertz CT molecular complexity index is 278. The molecule has 106 valence electrons. The molecular formula is C12H20Cl2O4. The van der Waals surface area contributed by atoms with Crippen molar-refractivity contribution in [2.24, 2.45) is 0 Å². The van der Waals surface area contributed by atoms with Crippen molar-refractivity contribution in [3.8, 4) is 0 Å². The van der Waals surface area contributed by atoms with Gasteiger partial charge in [0.2, 0.25) is 0 Å². The van der Waals surface area contributed by atoms with Crippen LogP contribution in [0.25, 0.3) is 0 Å². The van der Waals surface area contributed by atoms with E-state index in [0.29, 0.717) is 11.8 Å². The Morgan fingerprint density at radius 2 is 1.06 bits per heavy atom. The minimum absolute atomic E-state index is 0.227. The van der Waals surface area contributed by atoms with Crippen molar-refractivity contribution < 1.29 is 18.9 Å². The van der Waals surface area contributed by atoms with Crippen LogP contribution in [-0.2, 0) is 18.9 Å². The summed E-state index contributed by atoms with van der Waals surface area (Å²) >= 11 is 12.0. The molecule has 0 unspecified atom stereocenters. The molecule has 0 N–H and O–H groups in total. The third kappa shape index (κ3) is 2.94. The first kappa shape index (κ1) is 14.8. The summed E-state index contributed by atoms with van der Waals surface area (Å²) in [4.78, 5) is 0. The molecule has 0 bridgehead atoms. The highest BCUT2D eigenvalue weighted by Gasteiger charge is 2.53. The van der Waals surface area contributed by atoms with Gasteiger partial charge < -0.3 is 18.9 Å². The van der Waals surface area contributed by atoms with Crippen LogP contribution in [-0.4, -0.2) is 47.8 Å². The average Bonchev–Trinajstić information content (AvgIpc) is 2.26. The minimum atomic E-state index is -0.709. The molecule has 0 aromatic rings. The molecule has 2 heterocycles. The standard InChI is InChI=1S/C12H20Cl2O4/c1-11(2)15-7(5-13)10-9(17-11)8(6-14)16-12(3,4)18-10/h7-10H,5-6H2,1-4H3/t7-,8-,9-,10-/m0/s1. The van der Waals surface area contributed by atoms with Crippen LogP contribution in [0, 0.1) is 0 Å². The Morgan fingerprint density at radius 3 is 1.33 bits per heavy atom. The number of alkyl halides is 2. The first-order valence-corrected chi connectivity index (χ1v) is 7.18. The van der Waals surface area contributed by atoms with E-state index in [0.717, 1.165) is 0 Å². The van der Waals surface area contributed by atoms with E-state index in [4.69, 9.17) is 42.1 Å². The Kier molecular flexibility index (Phi) is 4.18. The van der Waals surface area contributed by atoms with Crippen molar-refractivity contribution in [2.75, 3.05) is 11.8 Å². The second kappa shape index (κ2) is 5.08. The zero-order valence-corrected chi connectivity index (χ0v) is 12.6. The maximum absolute atomic E-state index is 5.98. The summed E-state index contributed by atoms with van der Waals surface area (Å²) in [5, 5.41) is 0. The molecular weight excluding hydrogens is 279 g/mol. The summed E-state index contributed by atoms with van der Waals surface area (Å²) in [5.41, 5.74) is 0. The molecule has 0 radical (unpaired) electrons. The number of fused-ring (bicyclic) bond motifs is 1. The van der Waals surface area contributed by atoms with E-state index in [2.05, 4.69) is 0 Å². The van der Waals surface area contributed by atoms with Gasteiger partial charge in [-0.1, -0.05) is 0 Å². The molecule has 2 aliphatic rings. The Hall–Kier alpha value is 0.420. The molecule has 2 saturated heterocycles. The second-order valence-electron chi connectivity index (χ2n) is 5.59. The summed E-state index contributed by atoms with van der Waals surface area (Å²) in [7, 11) is 0. The quantitative estimate of drug-likeness (QED) is 0.734. The maximum atomic E-state index is 5.98. The predicted octanol–water partition coefficient (Wildman–Crippen LogP) is 2.50. The number of ether oxygens (including phenoxy) is 4. The monoisotopic (exact) mass is 298 g/mol. The van der Waals surface area contributed by atoms with Crippen molar-refractivity contribution in [3.63, 3.8) is 0 Å². The maximum Gasteiger partial charge on any atom is 0.163 e. The van der Waals surface area contributed by atoms with Gasteiger partial charge in [0.15, 0.2) is 11.6 Å².